The van der Waals surface area contributed by atoms with Crippen LogP contribution < -0.4 is 5.32 Å². The number of halogens is 1. The van der Waals surface area contributed by atoms with Crippen molar-refractivity contribution >= 4 is 44.8 Å². The van der Waals surface area contributed by atoms with E-state index >= 15 is 0 Å². The van der Waals surface area contributed by atoms with Gasteiger partial charge in [0.05, 0.1) is 15.7 Å². The second-order valence-electron chi connectivity index (χ2n) is 8.94. The molecule has 4 nitrogen and oxygen atoms in total. The van der Waals surface area contributed by atoms with Gasteiger partial charge in [-0.05, 0) is 50.2 Å². The van der Waals surface area contributed by atoms with Gasteiger partial charge in [-0.2, -0.15) is 0 Å². The van der Waals surface area contributed by atoms with Gasteiger partial charge in [-0.3, -0.25) is 0 Å². The van der Waals surface area contributed by atoms with Crippen LogP contribution in [0.3, 0.4) is 0 Å². The summed E-state index contributed by atoms with van der Waals surface area (Å²) in [5.41, 5.74) is 6.70. The SMILES string of the molecule is CC(C)(C)Cn1nnc2c(Br)c(NCc3ccc(/C=C/c4ccccc4)cc3)ccc21. The monoisotopic (exact) mass is 474 g/mol. The molecule has 0 unspecified atom stereocenters. The number of anilines is 1. The Kier molecular flexibility index (Phi) is 6.23. The molecule has 5 heteroatoms. The second kappa shape index (κ2) is 9.06. The van der Waals surface area contributed by atoms with E-state index in [1.807, 2.05) is 10.7 Å². The van der Waals surface area contributed by atoms with Gasteiger partial charge in [-0.15, -0.1) is 5.10 Å². The molecule has 1 N–H and O–H groups in total. The van der Waals surface area contributed by atoms with E-state index in [0.29, 0.717) is 0 Å². The van der Waals surface area contributed by atoms with Crippen molar-refractivity contribution in [1.82, 2.24) is 15.0 Å². The standard InChI is InChI=1S/C26H27BrN4/c1-26(2,3)18-31-23-16-15-22(24(27)25(23)29-30-31)28-17-21-13-11-20(12-14-21)10-9-19-7-5-4-6-8-19/h4-16,28H,17-18H2,1-3H3/b10-9+. The minimum absolute atomic E-state index is 0.145. The largest absolute Gasteiger partial charge is 0.380 e. The average Bonchev–Trinajstić information content (AvgIpc) is 3.15. The molecular weight excluding hydrogens is 448 g/mol. The molecule has 158 valence electrons. The van der Waals surface area contributed by atoms with Crippen molar-refractivity contribution in [2.75, 3.05) is 5.32 Å². The molecule has 31 heavy (non-hydrogen) atoms. The van der Waals surface area contributed by atoms with Gasteiger partial charge in [0.25, 0.3) is 0 Å². The third kappa shape index (κ3) is 5.42. The summed E-state index contributed by atoms with van der Waals surface area (Å²) in [5, 5.41) is 12.3. The highest BCUT2D eigenvalue weighted by atomic mass is 79.9. The van der Waals surface area contributed by atoms with Crippen molar-refractivity contribution in [2.45, 2.75) is 33.9 Å². The maximum atomic E-state index is 4.39. The average molecular weight is 475 g/mol. The summed E-state index contributed by atoms with van der Waals surface area (Å²) >= 11 is 3.72. The number of fused-ring (bicyclic) bond motifs is 1. The smallest absolute Gasteiger partial charge is 0.129 e. The van der Waals surface area contributed by atoms with Crippen LogP contribution >= 0.6 is 15.9 Å². The molecule has 0 aliphatic heterocycles. The summed E-state index contributed by atoms with van der Waals surface area (Å²) in [6.07, 6.45) is 4.27. The second-order valence-corrected chi connectivity index (χ2v) is 9.73. The van der Waals surface area contributed by atoms with Gasteiger partial charge < -0.3 is 5.32 Å². The molecule has 0 fully saturated rings. The van der Waals surface area contributed by atoms with Gasteiger partial charge in [0, 0.05) is 13.1 Å². The summed E-state index contributed by atoms with van der Waals surface area (Å²) in [6, 6.07) is 23.1. The Bertz CT molecular complexity index is 1190. The van der Waals surface area contributed by atoms with Crippen molar-refractivity contribution in [3.63, 3.8) is 0 Å². The quantitative estimate of drug-likeness (QED) is 0.305. The molecule has 0 saturated heterocycles. The highest BCUT2D eigenvalue weighted by Crippen LogP contribution is 2.31. The summed E-state index contributed by atoms with van der Waals surface area (Å²) in [6.45, 7) is 8.17. The Labute approximate surface area is 192 Å². The van der Waals surface area contributed by atoms with Crippen LogP contribution in [0.4, 0.5) is 5.69 Å². The first kappa shape index (κ1) is 21.3. The van der Waals surface area contributed by atoms with Crippen LogP contribution in [-0.2, 0) is 13.1 Å². The maximum absolute atomic E-state index is 4.39. The number of aromatic nitrogens is 3. The first-order valence-electron chi connectivity index (χ1n) is 10.5. The third-order valence-electron chi connectivity index (χ3n) is 4.98. The minimum Gasteiger partial charge on any atom is -0.380 e. The van der Waals surface area contributed by atoms with Gasteiger partial charge in [0.2, 0.25) is 0 Å². The molecular formula is C26H27BrN4. The molecule has 4 aromatic rings. The van der Waals surface area contributed by atoms with Crippen LogP contribution in [0.25, 0.3) is 23.2 Å². The summed E-state index contributed by atoms with van der Waals surface area (Å²) in [4.78, 5) is 0. The Morgan fingerprint density at radius 3 is 2.26 bits per heavy atom. The zero-order valence-electron chi connectivity index (χ0n) is 18.1. The van der Waals surface area contributed by atoms with Crippen LogP contribution in [0.15, 0.2) is 71.2 Å². The normalized spacial score (nSPS) is 12.0. The van der Waals surface area contributed by atoms with Crippen LogP contribution in [-0.4, -0.2) is 15.0 Å². The molecule has 0 bridgehead atoms. The Balaban J connectivity index is 1.43. The van der Waals surface area contributed by atoms with Crippen LogP contribution in [0.2, 0.25) is 0 Å². The van der Waals surface area contributed by atoms with E-state index in [0.717, 1.165) is 34.3 Å². The van der Waals surface area contributed by atoms with E-state index in [1.165, 1.54) is 16.7 Å². The lowest BCUT2D eigenvalue weighted by atomic mass is 9.97. The maximum Gasteiger partial charge on any atom is 0.129 e. The lowest BCUT2D eigenvalue weighted by Crippen LogP contribution is -2.16. The van der Waals surface area contributed by atoms with E-state index in [2.05, 4.69) is 125 Å². The first-order chi connectivity index (χ1) is 14.9. The van der Waals surface area contributed by atoms with Crippen LogP contribution in [0.1, 0.15) is 37.5 Å². The van der Waals surface area contributed by atoms with Crippen molar-refractivity contribution in [2.24, 2.45) is 5.41 Å². The molecule has 0 atom stereocenters. The van der Waals surface area contributed by atoms with Gasteiger partial charge in [0.15, 0.2) is 0 Å². The molecule has 0 saturated carbocycles. The van der Waals surface area contributed by atoms with E-state index in [1.54, 1.807) is 0 Å². The number of nitrogens with one attached hydrogen (secondary N) is 1. The summed E-state index contributed by atoms with van der Waals surface area (Å²) in [5.74, 6) is 0. The molecule has 0 aliphatic carbocycles. The molecule has 1 heterocycles. The molecule has 0 aliphatic rings. The van der Waals surface area contributed by atoms with Gasteiger partial charge in [-0.1, -0.05) is 92.7 Å². The van der Waals surface area contributed by atoms with Crippen LogP contribution in [0.5, 0.6) is 0 Å². The fourth-order valence-electron chi connectivity index (χ4n) is 3.41. The zero-order chi connectivity index (χ0) is 21.8. The minimum atomic E-state index is 0.145. The molecule has 4 rings (SSSR count). The summed E-state index contributed by atoms with van der Waals surface area (Å²) < 4.78 is 2.93. The fourth-order valence-corrected chi connectivity index (χ4v) is 3.96. The molecule has 0 radical (unpaired) electrons. The van der Waals surface area contributed by atoms with E-state index in [-0.39, 0.29) is 5.41 Å². The predicted molar refractivity (Wildman–Crippen MR) is 134 cm³/mol. The lowest BCUT2D eigenvalue weighted by molar-refractivity contribution is 0.327. The highest BCUT2D eigenvalue weighted by Gasteiger charge is 2.17. The number of hydrogen-bond acceptors (Lipinski definition) is 3. The predicted octanol–water partition coefficient (Wildman–Crippen LogP) is 7.02. The lowest BCUT2D eigenvalue weighted by Gasteiger charge is -2.18. The number of benzene rings is 3. The van der Waals surface area contributed by atoms with E-state index < -0.39 is 0 Å². The number of rotatable bonds is 6. The molecule has 0 spiro atoms. The van der Waals surface area contributed by atoms with Gasteiger partial charge >= 0.3 is 0 Å². The number of hydrogen-bond donors (Lipinski definition) is 1. The van der Waals surface area contributed by atoms with Crippen molar-refractivity contribution < 1.29 is 0 Å². The molecule has 0 amide bonds. The van der Waals surface area contributed by atoms with E-state index in [9.17, 15) is 0 Å². The van der Waals surface area contributed by atoms with E-state index in [4.69, 9.17) is 0 Å². The van der Waals surface area contributed by atoms with Gasteiger partial charge in [-0.25, -0.2) is 4.68 Å². The summed E-state index contributed by atoms with van der Waals surface area (Å²) in [7, 11) is 0. The molecule has 1 aromatic heterocycles. The van der Waals surface area contributed by atoms with Crippen LogP contribution in [0, 0.1) is 5.41 Å². The third-order valence-corrected chi connectivity index (χ3v) is 5.78. The Morgan fingerprint density at radius 1 is 0.903 bits per heavy atom. The number of nitrogens with zero attached hydrogens (tertiary/aromatic N) is 3. The molecule has 3 aromatic carbocycles. The first-order valence-corrected chi connectivity index (χ1v) is 11.3. The van der Waals surface area contributed by atoms with Crippen molar-refractivity contribution in [3.8, 4) is 0 Å². The zero-order valence-corrected chi connectivity index (χ0v) is 19.7. The Hall–Kier alpha value is -2.92. The topological polar surface area (TPSA) is 42.7 Å². The highest BCUT2D eigenvalue weighted by molar-refractivity contribution is 9.10. The van der Waals surface area contributed by atoms with Crippen molar-refractivity contribution in [1.29, 1.82) is 0 Å². The van der Waals surface area contributed by atoms with Gasteiger partial charge in [0.1, 0.15) is 5.52 Å². The Morgan fingerprint density at radius 2 is 1.58 bits per heavy atom. The fraction of sp³-hybridized carbons (Fsp3) is 0.231. The van der Waals surface area contributed by atoms with Crippen molar-refractivity contribution in [3.05, 3.63) is 87.9 Å².